The zero-order chi connectivity index (χ0) is 22.7. The van der Waals surface area contributed by atoms with Crippen LogP contribution in [-0.2, 0) is 0 Å². The van der Waals surface area contributed by atoms with Gasteiger partial charge in [-0.05, 0) is 60.3 Å². The van der Waals surface area contributed by atoms with E-state index in [0.717, 1.165) is 35.8 Å². The van der Waals surface area contributed by atoms with Crippen LogP contribution in [0.2, 0.25) is 0 Å². The topological polar surface area (TPSA) is 52.1 Å². The Labute approximate surface area is 194 Å². The normalized spacial score (nSPS) is 24.8. The van der Waals surface area contributed by atoms with Gasteiger partial charge in [0.15, 0.2) is 5.82 Å². The number of aliphatic hydroxyl groups is 1. The van der Waals surface area contributed by atoms with E-state index in [4.69, 9.17) is 0 Å². The summed E-state index contributed by atoms with van der Waals surface area (Å²) in [5.41, 5.74) is 3.62. The molecule has 4 nitrogen and oxygen atoms in total. The first-order chi connectivity index (χ1) is 15.4. The highest BCUT2D eigenvalue weighted by Gasteiger charge is 2.33. The number of fused-ring (bicyclic) bond motifs is 1. The van der Waals surface area contributed by atoms with Gasteiger partial charge < -0.3 is 10.1 Å². The molecule has 0 aliphatic carbocycles. The van der Waals surface area contributed by atoms with Crippen molar-refractivity contribution < 1.29 is 9.50 Å². The van der Waals surface area contributed by atoms with Gasteiger partial charge in [0.25, 0.3) is 0 Å². The Morgan fingerprint density at radius 3 is 2.53 bits per heavy atom. The number of piperidine rings is 1. The molecular weight excluding hydrogens is 421 g/mol. The molecular formula is C26H34FN3OS. The Hall–Kier alpha value is -1.89. The van der Waals surface area contributed by atoms with Gasteiger partial charge in [0.2, 0.25) is 0 Å². The van der Waals surface area contributed by atoms with Crippen molar-refractivity contribution in [3.63, 3.8) is 0 Å². The second-order valence-corrected chi connectivity index (χ2v) is 10.6. The van der Waals surface area contributed by atoms with Crippen molar-refractivity contribution in [2.75, 3.05) is 24.6 Å². The van der Waals surface area contributed by atoms with Crippen LogP contribution in [-0.4, -0.2) is 56.7 Å². The van der Waals surface area contributed by atoms with Gasteiger partial charge in [0.1, 0.15) is 5.65 Å². The van der Waals surface area contributed by atoms with Gasteiger partial charge in [-0.1, -0.05) is 43.7 Å². The number of rotatable bonds is 2. The second-order valence-electron chi connectivity index (χ2n) is 9.33. The minimum absolute atomic E-state index is 0.0841. The molecule has 2 N–H and O–H groups in total. The number of hydrogen-bond donors (Lipinski definition) is 2. The van der Waals surface area contributed by atoms with E-state index < -0.39 is 0 Å². The highest BCUT2D eigenvalue weighted by molar-refractivity contribution is 7.99. The molecule has 2 aromatic heterocycles. The number of nitrogens with zero attached hydrogens (tertiary/aromatic N) is 2. The fraction of sp³-hybridized carbons (Fsp3) is 0.500. The van der Waals surface area contributed by atoms with Gasteiger partial charge in [0, 0.05) is 31.5 Å². The van der Waals surface area contributed by atoms with E-state index in [0.29, 0.717) is 22.9 Å². The van der Waals surface area contributed by atoms with Crippen LogP contribution in [0.25, 0.3) is 22.2 Å². The fourth-order valence-electron chi connectivity index (χ4n) is 5.01. The van der Waals surface area contributed by atoms with E-state index >= 15 is 0 Å². The van der Waals surface area contributed by atoms with Crippen LogP contribution in [0.3, 0.4) is 0 Å². The van der Waals surface area contributed by atoms with Gasteiger partial charge in [-0.25, -0.2) is 9.37 Å². The van der Waals surface area contributed by atoms with Gasteiger partial charge in [-0.2, -0.15) is 11.8 Å². The first-order valence-corrected chi connectivity index (χ1v) is 12.8. The van der Waals surface area contributed by atoms with Crippen LogP contribution < -0.4 is 0 Å². The number of benzene rings is 1. The van der Waals surface area contributed by atoms with Crippen LogP contribution in [0.4, 0.5) is 4.39 Å². The van der Waals surface area contributed by atoms with Crippen LogP contribution in [0.5, 0.6) is 0 Å². The molecule has 0 spiro atoms. The van der Waals surface area contributed by atoms with E-state index in [1.807, 2.05) is 37.3 Å². The molecule has 2 unspecified atom stereocenters. The van der Waals surface area contributed by atoms with Gasteiger partial charge in [-0.15, -0.1) is 0 Å². The van der Waals surface area contributed by atoms with E-state index in [2.05, 4.69) is 40.5 Å². The third-order valence-corrected chi connectivity index (χ3v) is 7.82. The number of thioether (sulfide) groups is 1. The Balaban J connectivity index is 0.000000155. The molecule has 0 bridgehead atoms. The molecule has 2 aliphatic heterocycles. The molecule has 3 aromatic rings. The highest BCUT2D eigenvalue weighted by Crippen LogP contribution is 2.30. The number of aromatic nitrogens is 2. The van der Waals surface area contributed by atoms with Crippen molar-refractivity contribution in [3.05, 3.63) is 54.1 Å². The van der Waals surface area contributed by atoms with E-state index in [-0.39, 0.29) is 11.9 Å². The molecule has 6 heteroatoms. The van der Waals surface area contributed by atoms with Crippen LogP contribution in [0.1, 0.15) is 32.3 Å². The molecule has 0 radical (unpaired) electrons. The number of hydrogen-bond acceptors (Lipinski definition) is 4. The maximum absolute atomic E-state index is 13.7. The van der Waals surface area contributed by atoms with Crippen LogP contribution >= 0.6 is 11.8 Å². The van der Waals surface area contributed by atoms with Crippen molar-refractivity contribution in [2.24, 2.45) is 11.8 Å². The van der Waals surface area contributed by atoms with Gasteiger partial charge >= 0.3 is 0 Å². The molecule has 4 heterocycles. The van der Waals surface area contributed by atoms with Gasteiger partial charge in [-0.3, -0.25) is 4.90 Å². The largest absolute Gasteiger partial charge is 0.392 e. The van der Waals surface area contributed by atoms with E-state index in [1.165, 1.54) is 30.5 Å². The zero-order valence-corrected chi connectivity index (χ0v) is 20.0. The summed E-state index contributed by atoms with van der Waals surface area (Å²) >= 11 is 2.09. The third kappa shape index (κ3) is 5.19. The summed E-state index contributed by atoms with van der Waals surface area (Å²) in [6.07, 6.45) is 5.65. The van der Waals surface area contributed by atoms with Gasteiger partial charge in [0.05, 0.1) is 11.5 Å². The summed E-state index contributed by atoms with van der Waals surface area (Å²) in [7, 11) is 0. The Morgan fingerprint density at radius 2 is 1.84 bits per heavy atom. The molecule has 0 saturated carbocycles. The molecule has 172 valence electrons. The summed E-state index contributed by atoms with van der Waals surface area (Å²) in [6.45, 7) is 8.59. The maximum Gasteiger partial charge on any atom is 0.150 e. The number of aryl methyl sites for hydroxylation is 1. The summed E-state index contributed by atoms with van der Waals surface area (Å²) in [5.74, 6) is 3.29. The fourth-order valence-corrected chi connectivity index (χ4v) is 6.09. The number of pyridine rings is 1. The van der Waals surface area contributed by atoms with Crippen molar-refractivity contribution in [2.45, 2.75) is 45.8 Å². The molecule has 0 amide bonds. The maximum atomic E-state index is 13.7. The first-order valence-electron chi connectivity index (χ1n) is 11.6. The number of nitrogens with one attached hydrogen (secondary N) is 1. The quantitative estimate of drug-likeness (QED) is 0.535. The van der Waals surface area contributed by atoms with Crippen molar-refractivity contribution >= 4 is 22.8 Å². The molecule has 2 fully saturated rings. The molecule has 5 rings (SSSR count). The van der Waals surface area contributed by atoms with E-state index in [9.17, 15) is 9.50 Å². The number of aromatic amines is 1. The molecule has 1 aromatic carbocycles. The van der Waals surface area contributed by atoms with Crippen LogP contribution in [0.15, 0.2) is 42.7 Å². The lowest BCUT2D eigenvalue weighted by atomic mass is 9.87. The van der Waals surface area contributed by atoms with Crippen LogP contribution in [0, 0.1) is 24.6 Å². The lowest BCUT2D eigenvalue weighted by Crippen LogP contribution is -2.52. The minimum atomic E-state index is -0.260. The number of H-pyrrole nitrogens is 1. The Morgan fingerprint density at radius 1 is 1.12 bits per heavy atom. The molecule has 2 aliphatic rings. The lowest BCUT2D eigenvalue weighted by Gasteiger charge is -2.43. The van der Waals surface area contributed by atoms with Crippen molar-refractivity contribution in [3.8, 4) is 11.1 Å². The minimum Gasteiger partial charge on any atom is -0.392 e. The standard InChI is InChI=1S/C14H11FN2.C12H23NOS/c1-9-3-2-4-10(7-9)11-5-6-16-14-13(11)12(15)8-17-14;1-9-7-13(8-10(2)12(9)14)11-3-5-15-6-4-11/h2-8H,1H3,(H,16,17);9-12,14H,3-8H2,1-2H3. The second kappa shape index (κ2) is 10.4. The average molecular weight is 456 g/mol. The molecule has 2 atom stereocenters. The third-order valence-electron chi connectivity index (χ3n) is 6.77. The highest BCUT2D eigenvalue weighted by atomic mass is 32.2. The number of halogens is 1. The summed E-state index contributed by atoms with van der Waals surface area (Å²) in [4.78, 5) is 9.57. The molecule has 2 saturated heterocycles. The average Bonchev–Trinajstić information content (AvgIpc) is 3.19. The Bertz CT molecular complexity index is 1020. The first kappa shape index (κ1) is 23.3. The SMILES string of the molecule is CC1CN(C2CCSCC2)CC(C)C1O.Cc1cccc(-c2ccnc3[nH]cc(F)c23)c1. The number of likely N-dealkylation sites (tertiary alicyclic amines) is 1. The predicted octanol–water partition coefficient (Wildman–Crippen LogP) is 5.51. The summed E-state index contributed by atoms with van der Waals surface area (Å²) in [5, 5.41) is 10.5. The number of aliphatic hydroxyl groups excluding tert-OH is 1. The smallest absolute Gasteiger partial charge is 0.150 e. The predicted molar refractivity (Wildman–Crippen MR) is 132 cm³/mol. The summed E-state index contributed by atoms with van der Waals surface area (Å²) < 4.78 is 13.7. The van der Waals surface area contributed by atoms with Crippen molar-refractivity contribution in [1.82, 2.24) is 14.9 Å². The Kier molecular flexibility index (Phi) is 7.54. The zero-order valence-electron chi connectivity index (χ0n) is 19.2. The summed E-state index contributed by atoms with van der Waals surface area (Å²) in [6, 6.07) is 10.7. The monoisotopic (exact) mass is 455 g/mol. The van der Waals surface area contributed by atoms with Crippen molar-refractivity contribution in [1.29, 1.82) is 0 Å². The molecule has 32 heavy (non-hydrogen) atoms. The van der Waals surface area contributed by atoms with E-state index in [1.54, 1.807) is 6.20 Å². The lowest BCUT2D eigenvalue weighted by molar-refractivity contribution is -0.0242.